The molecule has 0 saturated carbocycles. The molecule has 0 aliphatic heterocycles. The molecule has 0 saturated heterocycles. The second-order valence-corrected chi connectivity index (χ2v) is 3.80. The molecule has 0 fully saturated rings. The highest BCUT2D eigenvalue weighted by Gasteiger charge is 2.22. The number of halogens is 1. The highest BCUT2D eigenvalue weighted by atomic mass is 35.5. The average Bonchev–Trinajstić information content (AvgIpc) is 2.28. The summed E-state index contributed by atoms with van der Waals surface area (Å²) in [5, 5.41) is -0.824. The molecule has 3 nitrogen and oxygen atoms in total. The van der Waals surface area contributed by atoms with Gasteiger partial charge in [-0.1, -0.05) is 17.7 Å². The van der Waals surface area contributed by atoms with Crippen molar-refractivity contribution in [1.29, 1.82) is 0 Å². The van der Waals surface area contributed by atoms with Gasteiger partial charge in [0, 0.05) is 5.56 Å². The van der Waals surface area contributed by atoms with Gasteiger partial charge in [0.2, 0.25) is 0 Å². The second kappa shape index (κ2) is 5.75. The number of alkyl halides is 1. The van der Waals surface area contributed by atoms with Crippen LogP contribution in [0.25, 0.3) is 0 Å². The van der Waals surface area contributed by atoms with E-state index in [2.05, 4.69) is 0 Å². The Morgan fingerprint density at radius 2 is 2.19 bits per heavy atom. The van der Waals surface area contributed by atoms with E-state index in [0.717, 1.165) is 5.56 Å². The van der Waals surface area contributed by atoms with Crippen LogP contribution in [-0.2, 0) is 9.53 Å². The van der Waals surface area contributed by atoms with Crippen LogP contribution in [0.1, 0.15) is 23.4 Å². The molecule has 0 amide bonds. The third kappa shape index (κ3) is 2.89. The van der Waals surface area contributed by atoms with Gasteiger partial charge in [-0.15, -0.1) is 11.6 Å². The van der Waals surface area contributed by atoms with Gasteiger partial charge >= 0.3 is 5.97 Å². The first-order valence-corrected chi connectivity index (χ1v) is 5.49. The van der Waals surface area contributed by atoms with Gasteiger partial charge in [-0.2, -0.15) is 0 Å². The van der Waals surface area contributed by atoms with Crippen molar-refractivity contribution in [2.24, 2.45) is 0 Å². The van der Waals surface area contributed by atoms with Crippen molar-refractivity contribution in [3.05, 3.63) is 29.3 Å². The van der Waals surface area contributed by atoms with Crippen molar-refractivity contribution >= 4 is 17.6 Å². The zero-order valence-corrected chi connectivity index (χ0v) is 10.4. The first-order valence-electron chi connectivity index (χ1n) is 5.05. The van der Waals surface area contributed by atoms with Crippen molar-refractivity contribution in [1.82, 2.24) is 0 Å². The van der Waals surface area contributed by atoms with Gasteiger partial charge in [-0.05, 0) is 19.9 Å². The van der Waals surface area contributed by atoms with Crippen molar-refractivity contribution < 1.29 is 14.3 Å². The summed E-state index contributed by atoms with van der Waals surface area (Å²) in [6.07, 6.45) is 0. The maximum atomic E-state index is 11.5. The van der Waals surface area contributed by atoms with E-state index >= 15 is 0 Å². The van der Waals surface area contributed by atoms with Crippen LogP contribution in [-0.4, -0.2) is 19.7 Å². The molecule has 1 unspecified atom stereocenters. The summed E-state index contributed by atoms with van der Waals surface area (Å²) in [6.45, 7) is 3.99. The number of esters is 1. The number of rotatable bonds is 4. The summed E-state index contributed by atoms with van der Waals surface area (Å²) >= 11 is 6.04. The van der Waals surface area contributed by atoms with Crippen molar-refractivity contribution in [3.8, 4) is 5.75 Å². The second-order valence-electron chi connectivity index (χ2n) is 3.36. The fourth-order valence-corrected chi connectivity index (χ4v) is 1.63. The lowest BCUT2D eigenvalue weighted by molar-refractivity contribution is -0.142. The summed E-state index contributed by atoms with van der Waals surface area (Å²) in [6, 6.07) is 5.52. The van der Waals surface area contributed by atoms with Gasteiger partial charge in [0.05, 0.1) is 13.7 Å². The Morgan fingerprint density at radius 3 is 2.75 bits per heavy atom. The van der Waals surface area contributed by atoms with Crippen LogP contribution >= 0.6 is 11.6 Å². The van der Waals surface area contributed by atoms with Crippen LogP contribution in [0.3, 0.4) is 0 Å². The monoisotopic (exact) mass is 242 g/mol. The van der Waals surface area contributed by atoms with E-state index < -0.39 is 11.3 Å². The molecule has 16 heavy (non-hydrogen) atoms. The summed E-state index contributed by atoms with van der Waals surface area (Å²) in [4.78, 5) is 11.5. The van der Waals surface area contributed by atoms with Gasteiger partial charge in [0.1, 0.15) is 5.75 Å². The fraction of sp³-hybridized carbons (Fsp3) is 0.417. The molecule has 1 aromatic rings. The molecular weight excluding hydrogens is 228 g/mol. The molecule has 4 heteroatoms. The topological polar surface area (TPSA) is 35.5 Å². The number of hydrogen-bond acceptors (Lipinski definition) is 3. The third-order valence-corrected chi connectivity index (χ3v) is 2.57. The van der Waals surface area contributed by atoms with Gasteiger partial charge in [-0.3, -0.25) is 4.79 Å². The zero-order valence-electron chi connectivity index (χ0n) is 9.62. The molecule has 1 atom stereocenters. The highest BCUT2D eigenvalue weighted by molar-refractivity contribution is 6.30. The molecule has 0 aliphatic carbocycles. The maximum absolute atomic E-state index is 11.5. The lowest BCUT2D eigenvalue weighted by Gasteiger charge is -2.13. The number of ether oxygens (including phenoxy) is 2. The summed E-state index contributed by atoms with van der Waals surface area (Å²) < 4.78 is 10.0. The molecule has 0 heterocycles. The Bertz CT molecular complexity index is 377. The van der Waals surface area contributed by atoms with E-state index in [1.165, 1.54) is 0 Å². The van der Waals surface area contributed by atoms with Crippen LogP contribution < -0.4 is 4.74 Å². The van der Waals surface area contributed by atoms with E-state index in [-0.39, 0.29) is 0 Å². The highest BCUT2D eigenvalue weighted by Crippen LogP contribution is 2.31. The predicted octanol–water partition coefficient (Wildman–Crippen LogP) is 2.85. The number of hydrogen-bond donors (Lipinski definition) is 0. The number of aryl methyl sites for hydroxylation is 1. The quantitative estimate of drug-likeness (QED) is 0.602. The van der Waals surface area contributed by atoms with Crippen LogP contribution in [0.5, 0.6) is 5.75 Å². The molecule has 0 bridgehead atoms. The minimum Gasteiger partial charge on any atom is -0.496 e. The number of carbonyl (C=O) groups is 1. The van der Waals surface area contributed by atoms with Crippen LogP contribution in [0, 0.1) is 6.92 Å². The average molecular weight is 243 g/mol. The Balaban J connectivity index is 3.01. The minimum absolute atomic E-state index is 0.316. The van der Waals surface area contributed by atoms with Gasteiger partial charge < -0.3 is 9.47 Å². The van der Waals surface area contributed by atoms with Crippen LogP contribution in [0.2, 0.25) is 0 Å². The molecule has 0 aromatic heterocycles. The summed E-state index contributed by atoms with van der Waals surface area (Å²) in [5.74, 6) is 0.145. The molecule has 0 radical (unpaired) electrons. The molecule has 88 valence electrons. The van der Waals surface area contributed by atoms with E-state index in [9.17, 15) is 4.79 Å². The van der Waals surface area contributed by atoms with Crippen molar-refractivity contribution in [2.45, 2.75) is 19.2 Å². The molecule has 0 N–H and O–H groups in total. The first kappa shape index (κ1) is 12.8. The molecule has 1 rings (SSSR count). The smallest absolute Gasteiger partial charge is 0.328 e. The maximum Gasteiger partial charge on any atom is 0.328 e. The molecular formula is C12H15ClO3. The first-order chi connectivity index (χ1) is 7.60. The minimum atomic E-state index is -0.824. The molecule has 0 aliphatic rings. The Kier molecular flexibility index (Phi) is 4.62. The van der Waals surface area contributed by atoms with Gasteiger partial charge in [0.25, 0.3) is 0 Å². The standard InChI is InChI=1S/C12H15ClO3/c1-4-16-12(14)11(13)9-7-8(2)5-6-10(9)15-3/h5-7,11H,4H2,1-3H3. The normalized spacial score (nSPS) is 12.0. The Morgan fingerprint density at radius 1 is 1.50 bits per heavy atom. The number of carbonyl (C=O) groups excluding carboxylic acids is 1. The molecule has 0 spiro atoms. The van der Waals surface area contributed by atoms with Crippen molar-refractivity contribution in [3.63, 3.8) is 0 Å². The summed E-state index contributed by atoms with van der Waals surface area (Å²) in [5.41, 5.74) is 1.66. The SMILES string of the molecule is CCOC(=O)C(Cl)c1cc(C)ccc1OC. The van der Waals surface area contributed by atoms with Crippen LogP contribution in [0.15, 0.2) is 18.2 Å². The van der Waals surface area contributed by atoms with E-state index in [0.29, 0.717) is 17.9 Å². The lowest BCUT2D eigenvalue weighted by Crippen LogP contribution is -2.12. The van der Waals surface area contributed by atoms with Crippen LogP contribution in [0.4, 0.5) is 0 Å². The van der Waals surface area contributed by atoms with E-state index in [1.54, 1.807) is 20.1 Å². The van der Waals surface area contributed by atoms with E-state index in [1.807, 2.05) is 19.1 Å². The largest absolute Gasteiger partial charge is 0.496 e. The van der Waals surface area contributed by atoms with Crippen molar-refractivity contribution in [2.75, 3.05) is 13.7 Å². The fourth-order valence-electron chi connectivity index (χ4n) is 1.39. The van der Waals surface area contributed by atoms with E-state index in [4.69, 9.17) is 21.1 Å². The zero-order chi connectivity index (χ0) is 12.1. The predicted molar refractivity (Wildman–Crippen MR) is 63.0 cm³/mol. The van der Waals surface area contributed by atoms with Gasteiger partial charge in [-0.25, -0.2) is 0 Å². The third-order valence-electron chi connectivity index (χ3n) is 2.15. The number of methoxy groups -OCH3 is 1. The lowest BCUT2D eigenvalue weighted by atomic mass is 10.1. The Labute approximate surface area is 100 Å². The van der Waals surface area contributed by atoms with Gasteiger partial charge in [0.15, 0.2) is 5.38 Å². The number of benzene rings is 1. The molecule has 1 aromatic carbocycles. The Hall–Kier alpha value is -1.22. The summed E-state index contributed by atoms with van der Waals surface area (Å²) in [7, 11) is 1.54.